The van der Waals surface area contributed by atoms with Crippen LogP contribution in [0, 0.1) is 0 Å². The number of hydrogen-bond acceptors (Lipinski definition) is 7. The van der Waals surface area contributed by atoms with Crippen molar-refractivity contribution < 1.29 is 24.2 Å². The molecule has 1 amide bonds. The number of halogens is 1. The normalized spacial score (nSPS) is 21.3. The number of hydrogen-bond donors (Lipinski definition) is 2. The summed E-state index contributed by atoms with van der Waals surface area (Å²) in [4.78, 5) is 44.2. The number of ether oxygens (including phenoxy) is 2. The second-order valence-electron chi connectivity index (χ2n) is 10.1. The number of anilines is 1. The largest absolute Gasteiger partial charge is 0.492 e. The first-order valence-corrected chi connectivity index (χ1v) is 13.8. The van der Waals surface area contributed by atoms with E-state index in [2.05, 4.69) is 15.2 Å². The van der Waals surface area contributed by atoms with E-state index in [1.165, 1.54) is 6.20 Å². The zero-order valence-corrected chi connectivity index (χ0v) is 23.1. The number of carbonyl (C=O) groups excluding carboxylic acids is 1. The van der Waals surface area contributed by atoms with Gasteiger partial charge in [0.25, 0.3) is 5.91 Å². The molecule has 2 fully saturated rings. The van der Waals surface area contributed by atoms with Gasteiger partial charge in [-0.15, -0.1) is 0 Å². The summed E-state index contributed by atoms with van der Waals surface area (Å²) in [7, 11) is 1.56. The van der Waals surface area contributed by atoms with Gasteiger partial charge in [-0.25, -0.2) is 9.79 Å². The second-order valence-corrected chi connectivity index (χ2v) is 10.5. The van der Waals surface area contributed by atoms with Crippen LogP contribution < -0.4 is 20.4 Å². The number of amides is 1. The maximum Gasteiger partial charge on any atom is 0.341 e. The highest BCUT2D eigenvalue weighted by molar-refractivity contribution is 6.43. The molecule has 5 rings (SSSR count). The summed E-state index contributed by atoms with van der Waals surface area (Å²) in [6.07, 6.45) is 4.81. The quantitative estimate of drug-likeness (QED) is 0.450. The molecule has 0 spiro atoms. The molecule has 0 radical (unpaired) electrons. The number of carbonyl (C=O) groups is 2. The maximum atomic E-state index is 13.0. The van der Waals surface area contributed by atoms with Gasteiger partial charge in [-0.05, 0) is 50.3 Å². The number of methoxy groups -OCH3 is 1. The van der Waals surface area contributed by atoms with Gasteiger partial charge in [0.2, 0.25) is 5.43 Å². The molecule has 39 heavy (non-hydrogen) atoms. The van der Waals surface area contributed by atoms with Crippen LogP contribution in [0.15, 0.2) is 38.8 Å². The number of carboxylic acids is 1. The van der Waals surface area contributed by atoms with E-state index >= 15 is 0 Å². The third kappa shape index (κ3) is 5.15. The fourth-order valence-corrected chi connectivity index (χ4v) is 5.80. The van der Waals surface area contributed by atoms with Gasteiger partial charge in [0.05, 0.1) is 35.8 Å². The summed E-state index contributed by atoms with van der Waals surface area (Å²) in [6.45, 7) is 5.50. The first-order valence-electron chi connectivity index (χ1n) is 13.4. The minimum atomic E-state index is -1.24. The number of carboxylic acid groups (broad SMARTS) is 1. The Morgan fingerprint density at radius 3 is 2.62 bits per heavy atom. The van der Waals surface area contributed by atoms with Gasteiger partial charge in [0.15, 0.2) is 5.75 Å². The van der Waals surface area contributed by atoms with Crippen molar-refractivity contribution in [1.29, 1.82) is 0 Å². The van der Waals surface area contributed by atoms with Gasteiger partial charge < -0.3 is 29.4 Å². The average Bonchev–Trinajstić information content (AvgIpc) is 3.70. The van der Waals surface area contributed by atoms with Crippen LogP contribution in [0.4, 0.5) is 5.69 Å². The van der Waals surface area contributed by atoms with Crippen molar-refractivity contribution in [3.63, 3.8) is 0 Å². The van der Waals surface area contributed by atoms with Crippen LogP contribution in [0.25, 0.3) is 10.9 Å². The molecule has 1 saturated heterocycles. The van der Waals surface area contributed by atoms with Crippen molar-refractivity contribution in [2.45, 2.75) is 64.1 Å². The minimum Gasteiger partial charge on any atom is -0.492 e. The van der Waals surface area contributed by atoms with Crippen LogP contribution in [-0.2, 0) is 9.53 Å². The molecule has 1 aromatic heterocycles. The summed E-state index contributed by atoms with van der Waals surface area (Å²) in [5, 5.41) is 13.4. The number of fused-ring (bicyclic) bond motifs is 1. The van der Waals surface area contributed by atoms with Crippen molar-refractivity contribution in [2.24, 2.45) is 4.99 Å². The Morgan fingerprint density at radius 1 is 1.23 bits per heavy atom. The van der Waals surface area contributed by atoms with Crippen LogP contribution in [-0.4, -0.2) is 66.2 Å². The molecule has 1 aromatic carbocycles. The highest BCUT2D eigenvalue weighted by atomic mass is 35.5. The highest BCUT2D eigenvalue weighted by Crippen LogP contribution is 2.43. The molecule has 1 saturated carbocycles. The van der Waals surface area contributed by atoms with Crippen LogP contribution in [0.5, 0.6) is 5.75 Å². The fraction of sp³-hybridized carbons (Fsp3) is 0.500. The summed E-state index contributed by atoms with van der Waals surface area (Å²) in [6, 6.07) is 3.41. The van der Waals surface area contributed by atoms with E-state index in [1.54, 1.807) is 19.2 Å². The third-order valence-electron chi connectivity index (χ3n) is 7.69. The van der Waals surface area contributed by atoms with E-state index < -0.39 is 11.4 Å². The number of pyridine rings is 1. The standard InChI is InChI=1S/C28H33ClN4O6/c1-4-15-12-20(30-26(15)29)27(35)31-19-10-11-32(14-22(19)39-5-2)21-9-8-17-23(25(21)38-3)33(16-6-7-16)13-18(24(17)34)28(36)37/h8-9,13,16,19,22H,4-7,10-12,14H2,1-3H3,(H,31,35)(H,36,37)/t19-,22+/m1/s1. The Bertz CT molecular complexity index is 1440. The van der Waals surface area contributed by atoms with Crippen molar-refractivity contribution in [3.05, 3.63) is 44.8 Å². The molecule has 1 aliphatic carbocycles. The maximum absolute atomic E-state index is 13.0. The van der Waals surface area contributed by atoms with Crippen LogP contribution >= 0.6 is 11.6 Å². The molecule has 2 aromatic rings. The Balaban J connectivity index is 1.43. The molecule has 11 heteroatoms. The van der Waals surface area contributed by atoms with E-state index in [1.807, 2.05) is 18.4 Å². The summed E-state index contributed by atoms with van der Waals surface area (Å²) >= 11 is 6.18. The van der Waals surface area contributed by atoms with Gasteiger partial charge in [-0.2, -0.15) is 0 Å². The molecule has 3 heterocycles. The molecular formula is C28H33ClN4O6. The Kier molecular flexibility index (Phi) is 7.68. The lowest BCUT2D eigenvalue weighted by molar-refractivity contribution is -0.117. The van der Waals surface area contributed by atoms with Crippen LogP contribution in [0.2, 0.25) is 0 Å². The first kappa shape index (κ1) is 27.2. The molecule has 10 nitrogen and oxygen atoms in total. The molecule has 0 unspecified atom stereocenters. The van der Waals surface area contributed by atoms with Gasteiger partial charge in [-0.1, -0.05) is 18.5 Å². The highest BCUT2D eigenvalue weighted by Gasteiger charge is 2.35. The lowest BCUT2D eigenvalue weighted by atomic mass is 9.99. The number of aromatic carboxylic acids is 1. The molecular weight excluding hydrogens is 524 g/mol. The number of benzene rings is 1. The van der Waals surface area contributed by atoms with Gasteiger partial charge >= 0.3 is 5.97 Å². The van der Waals surface area contributed by atoms with Crippen LogP contribution in [0.1, 0.15) is 62.4 Å². The van der Waals surface area contributed by atoms with E-state index in [0.717, 1.165) is 30.5 Å². The number of piperidine rings is 1. The van der Waals surface area contributed by atoms with E-state index in [0.29, 0.717) is 60.1 Å². The molecule has 208 valence electrons. The number of aromatic nitrogens is 1. The lowest BCUT2D eigenvalue weighted by Crippen LogP contribution is -2.56. The van der Waals surface area contributed by atoms with Crippen molar-refractivity contribution in [2.75, 3.05) is 31.7 Å². The van der Waals surface area contributed by atoms with E-state index in [9.17, 15) is 19.5 Å². The van der Waals surface area contributed by atoms with E-state index in [-0.39, 0.29) is 29.7 Å². The summed E-state index contributed by atoms with van der Waals surface area (Å²) in [5.41, 5.74) is 2.01. The van der Waals surface area contributed by atoms with Crippen molar-refractivity contribution in [3.8, 4) is 5.75 Å². The predicted molar refractivity (Wildman–Crippen MR) is 149 cm³/mol. The smallest absolute Gasteiger partial charge is 0.341 e. The monoisotopic (exact) mass is 556 g/mol. The Morgan fingerprint density at radius 2 is 2.00 bits per heavy atom. The van der Waals surface area contributed by atoms with Crippen molar-refractivity contribution >= 4 is 45.8 Å². The zero-order chi connectivity index (χ0) is 27.8. The SMILES string of the molecule is CCO[C@H]1CN(c2ccc3c(=O)c(C(=O)O)cn(C4CC4)c3c2OC)CC[C@H]1NC(=O)C1=NC(Cl)=C(CC)C1. The summed E-state index contributed by atoms with van der Waals surface area (Å²) in [5.74, 6) is -0.944. The first-order chi connectivity index (χ1) is 18.8. The molecule has 2 N–H and O–H groups in total. The number of nitrogens with one attached hydrogen (secondary N) is 1. The van der Waals surface area contributed by atoms with Gasteiger partial charge in [0, 0.05) is 38.4 Å². The average molecular weight is 557 g/mol. The van der Waals surface area contributed by atoms with Gasteiger partial charge in [0.1, 0.15) is 16.4 Å². The number of allylic oxidation sites excluding steroid dienone is 1. The fourth-order valence-electron chi connectivity index (χ4n) is 5.50. The molecule has 0 bridgehead atoms. The molecule has 2 aliphatic heterocycles. The topological polar surface area (TPSA) is 122 Å². The van der Waals surface area contributed by atoms with Crippen molar-refractivity contribution in [1.82, 2.24) is 9.88 Å². The minimum absolute atomic E-state index is 0.127. The Labute approximate surface area is 231 Å². The van der Waals surface area contributed by atoms with E-state index in [4.69, 9.17) is 21.1 Å². The zero-order valence-electron chi connectivity index (χ0n) is 22.3. The second kappa shape index (κ2) is 11.0. The summed E-state index contributed by atoms with van der Waals surface area (Å²) < 4.78 is 13.8. The number of nitrogens with zero attached hydrogens (tertiary/aromatic N) is 3. The van der Waals surface area contributed by atoms with Crippen LogP contribution in [0.3, 0.4) is 0 Å². The van der Waals surface area contributed by atoms with Gasteiger partial charge in [-0.3, -0.25) is 9.59 Å². The predicted octanol–water partition coefficient (Wildman–Crippen LogP) is 3.85. The number of rotatable bonds is 9. The Hall–Kier alpha value is -3.37. The third-order valence-corrected chi connectivity index (χ3v) is 8.04. The lowest BCUT2D eigenvalue weighted by Gasteiger charge is -2.40. The molecule has 2 atom stereocenters. The molecule has 3 aliphatic rings. The number of aliphatic imine (C=N–C) groups is 1.